The predicted octanol–water partition coefficient (Wildman–Crippen LogP) is 5.69. The Bertz CT molecular complexity index is 1470. The Hall–Kier alpha value is -3.68. The number of nitrogens with one attached hydrogen (secondary N) is 1. The molecule has 0 unspecified atom stereocenters. The number of anilines is 2. The molecular formula is C27H24FN5O2S2. The van der Waals surface area contributed by atoms with E-state index in [0.717, 1.165) is 17.7 Å². The molecule has 1 aliphatic heterocycles. The molecule has 10 heteroatoms. The molecule has 2 aliphatic rings. The third kappa shape index (κ3) is 4.08. The second kappa shape index (κ2) is 9.65. The van der Waals surface area contributed by atoms with Crippen LogP contribution in [0.1, 0.15) is 52.7 Å². The monoisotopic (exact) mass is 533 g/mol. The SMILES string of the molecule is [C-]#[N+]c1ccc(N2C(=O)C3(CCC3)N(c3ccc(CNC(=O)c4scnc4CC)c(F)c3)C2=S)cc1C. The van der Waals surface area contributed by atoms with Crippen LogP contribution in [0.2, 0.25) is 0 Å². The number of thiazole rings is 1. The van der Waals surface area contributed by atoms with Crippen molar-refractivity contribution in [3.05, 3.63) is 80.8 Å². The van der Waals surface area contributed by atoms with Gasteiger partial charge in [-0.1, -0.05) is 19.1 Å². The lowest BCUT2D eigenvalue weighted by molar-refractivity contribution is -0.123. The molecule has 2 amide bonds. The number of aryl methyl sites for hydroxylation is 2. The normalized spacial score (nSPS) is 16.2. The zero-order chi connectivity index (χ0) is 26.3. The fraction of sp³-hybridized carbons (Fsp3) is 0.296. The predicted molar refractivity (Wildman–Crippen MR) is 146 cm³/mol. The summed E-state index contributed by atoms with van der Waals surface area (Å²) in [5.74, 6) is -0.900. The molecule has 7 nitrogen and oxygen atoms in total. The summed E-state index contributed by atoms with van der Waals surface area (Å²) in [5.41, 5.74) is 4.22. The first kappa shape index (κ1) is 25.0. The quantitative estimate of drug-likeness (QED) is 0.325. The summed E-state index contributed by atoms with van der Waals surface area (Å²) in [6.07, 6.45) is 2.76. The summed E-state index contributed by atoms with van der Waals surface area (Å²) >= 11 is 7.04. The summed E-state index contributed by atoms with van der Waals surface area (Å²) in [7, 11) is 0. The van der Waals surface area contributed by atoms with Crippen LogP contribution in [0.4, 0.5) is 21.5 Å². The minimum atomic E-state index is -0.839. The van der Waals surface area contributed by atoms with Gasteiger partial charge in [0.15, 0.2) is 10.8 Å². The van der Waals surface area contributed by atoms with E-state index in [1.54, 1.807) is 40.7 Å². The molecule has 1 saturated carbocycles. The third-order valence-electron chi connectivity index (χ3n) is 7.07. The molecule has 2 fully saturated rings. The largest absolute Gasteiger partial charge is 0.347 e. The standard InChI is InChI=1S/C27H24FN5O2S2/c1-4-21-23(37-15-31-21)24(34)30-14-17-6-7-19(13-20(17)28)33-26(36)32(25(35)27(33)10-5-11-27)18-8-9-22(29-3)16(2)12-18/h6-9,12-13,15H,4-5,10-11,14H2,1-2H3,(H,30,34). The van der Waals surface area contributed by atoms with Gasteiger partial charge in [-0.25, -0.2) is 14.2 Å². The highest BCUT2D eigenvalue weighted by atomic mass is 32.1. The molecule has 5 rings (SSSR count). The highest BCUT2D eigenvalue weighted by Crippen LogP contribution is 2.48. The summed E-state index contributed by atoms with van der Waals surface area (Å²) in [5, 5.41) is 3.06. The van der Waals surface area contributed by atoms with Crippen molar-refractivity contribution < 1.29 is 14.0 Å². The summed E-state index contributed by atoms with van der Waals surface area (Å²) in [4.78, 5) is 37.7. The fourth-order valence-corrected chi connectivity index (χ4v) is 6.16. The van der Waals surface area contributed by atoms with E-state index in [1.165, 1.54) is 22.3 Å². The molecule has 1 N–H and O–H groups in total. The number of carbonyl (C=O) groups excluding carboxylic acids is 2. The summed E-state index contributed by atoms with van der Waals surface area (Å²) in [6.45, 7) is 11.1. The minimum absolute atomic E-state index is 0.0271. The average molecular weight is 534 g/mol. The zero-order valence-corrected chi connectivity index (χ0v) is 22.0. The molecule has 0 atom stereocenters. The highest BCUT2D eigenvalue weighted by molar-refractivity contribution is 7.81. The molecule has 37 heavy (non-hydrogen) atoms. The number of carbonyl (C=O) groups is 2. The van der Waals surface area contributed by atoms with Gasteiger partial charge in [0.05, 0.1) is 17.8 Å². The Morgan fingerprint density at radius 1 is 1.27 bits per heavy atom. The smallest absolute Gasteiger partial charge is 0.263 e. The number of hydrogen-bond acceptors (Lipinski definition) is 5. The molecule has 3 aromatic rings. The van der Waals surface area contributed by atoms with E-state index in [-0.39, 0.29) is 23.5 Å². The number of halogens is 1. The first-order valence-electron chi connectivity index (χ1n) is 12.0. The van der Waals surface area contributed by atoms with Gasteiger partial charge in [-0.2, -0.15) is 0 Å². The first-order chi connectivity index (χ1) is 17.8. The van der Waals surface area contributed by atoms with Gasteiger partial charge in [-0.15, -0.1) is 11.3 Å². The topological polar surface area (TPSA) is 69.9 Å². The van der Waals surface area contributed by atoms with Crippen LogP contribution in [0.3, 0.4) is 0 Å². The molecule has 0 radical (unpaired) electrons. The van der Waals surface area contributed by atoms with Gasteiger partial charge in [0.25, 0.3) is 11.8 Å². The van der Waals surface area contributed by atoms with E-state index < -0.39 is 11.4 Å². The Kier molecular flexibility index (Phi) is 6.52. The number of amides is 2. The van der Waals surface area contributed by atoms with Gasteiger partial charge in [0.1, 0.15) is 16.2 Å². The van der Waals surface area contributed by atoms with E-state index in [2.05, 4.69) is 15.1 Å². The molecule has 1 aromatic heterocycles. The zero-order valence-electron chi connectivity index (χ0n) is 20.4. The van der Waals surface area contributed by atoms with Crippen LogP contribution in [0.25, 0.3) is 4.85 Å². The summed E-state index contributed by atoms with van der Waals surface area (Å²) in [6, 6.07) is 9.93. The van der Waals surface area contributed by atoms with Gasteiger partial charge in [0.2, 0.25) is 0 Å². The van der Waals surface area contributed by atoms with Crippen LogP contribution in [0.15, 0.2) is 41.9 Å². The molecule has 188 valence electrons. The van der Waals surface area contributed by atoms with Gasteiger partial charge >= 0.3 is 0 Å². The van der Waals surface area contributed by atoms with E-state index >= 15 is 4.39 Å². The van der Waals surface area contributed by atoms with Gasteiger partial charge < -0.3 is 10.2 Å². The molecule has 1 aliphatic carbocycles. The number of rotatable bonds is 6. The van der Waals surface area contributed by atoms with Crippen molar-refractivity contribution in [1.29, 1.82) is 0 Å². The van der Waals surface area contributed by atoms with Crippen LogP contribution in [0.5, 0.6) is 0 Å². The van der Waals surface area contributed by atoms with Crippen molar-refractivity contribution in [2.75, 3.05) is 9.80 Å². The van der Waals surface area contributed by atoms with Crippen LogP contribution < -0.4 is 15.1 Å². The van der Waals surface area contributed by atoms with Gasteiger partial charge in [-0.3, -0.25) is 14.5 Å². The van der Waals surface area contributed by atoms with Crippen LogP contribution in [0, 0.1) is 19.3 Å². The Balaban J connectivity index is 1.40. The number of nitrogens with zero attached hydrogens (tertiary/aromatic N) is 4. The van der Waals surface area contributed by atoms with E-state index in [4.69, 9.17) is 18.8 Å². The number of aromatic nitrogens is 1. The van der Waals surface area contributed by atoms with E-state index in [0.29, 0.717) is 46.8 Å². The first-order valence-corrected chi connectivity index (χ1v) is 13.3. The van der Waals surface area contributed by atoms with Crippen molar-refractivity contribution in [2.45, 2.75) is 51.6 Å². The van der Waals surface area contributed by atoms with Crippen molar-refractivity contribution in [3.63, 3.8) is 0 Å². The van der Waals surface area contributed by atoms with E-state index in [9.17, 15) is 9.59 Å². The van der Waals surface area contributed by atoms with Crippen LogP contribution >= 0.6 is 23.6 Å². The lowest BCUT2D eigenvalue weighted by Gasteiger charge is -2.43. The van der Waals surface area contributed by atoms with Gasteiger partial charge in [0, 0.05) is 23.5 Å². The van der Waals surface area contributed by atoms with Crippen LogP contribution in [-0.2, 0) is 17.8 Å². The molecule has 1 saturated heterocycles. The second-order valence-electron chi connectivity index (χ2n) is 9.17. The Morgan fingerprint density at radius 3 is 2.65 bits per heavy atom. The van der Waals surface area contributed by atoms with Crippen molar-refractivity contribution in [1.82, 2.24) is 10.3 Å². The van der Waals surface area contributed by atoms with E-state index in [1.807, 2.05) is 13.8 Å². The molecule has 1 spiro atoms. The van der Waals surface area contributed by atoms with Crippen molar-refractivity contribution in [3.8, 4) is 0 Å². The number of benzene rings is 2. The highest BCUT2D eigenvalue weighted by Gasteiger charge is 2.59. The molecular weight excluding hydrogens is 509 g/mol. The fourth-order valence-electron chi connectivity index (χ4n) is 4.89. The van der Waals surface area contributed by atoms with Crippen LogP contribution in [-0.4, -0.2) is 27.4 Å². The number of thiocarbonyl (C=S) groups is 1. The maximum atomic E-state index is 15.2. The molecule has 0 bridgehead atoms. The minimum Gasteiger partial charge on any atom is -0.347 e. The van der Waals surface area contributed by atoms with Gasteiger partial charge in [-0.05, 0) is 74.7 Å². The summed E-state index contributed by atoms with van der Waals surface area (Å²) < 4.78 is 15.2. The Labute approximate surface area is 223 Å². The van der Waals surface area contributed by atoms with Crippen molar-refractivity contribution in [2.24, 2.45) is 0 Å². The number of hydrogen-bond donors (Lipinski definition) is 1. The maximum absolute atomic E-state index is 15.2. The Morgan fingerprint density at radius 2 is 2.03 bits per heavy atom. The second-order valence-corrected chi connectivity index (χ2v) is 10.4. The van der Waals surface area contributed by atoms with Crippen molar-refractivity contribution >= 4 is 57.5 Å². The average Bonchev–Trinajstić information content (AvgIpc) is 3.43. The molecule has 2 aromatic carbocycles. The third-order valence-corrected chi connectivity index (χ3v) is 8.30. The maximum Gasteiger partial charge on any atom is 0.263 e. The molecule has 2 heterocycles. The lowest BCUT2D eigenvalue weighted by atomic mass is 9.75. The lowest BCUT2D eigenvalue weighted by Crippen LogP contribution is -2.55.